The predicted molar refractivity (Wildman–Crippen MR) is 301 cm³/mol. The highest BCUT2D eigenvalue weighted by molar-refractivity contribution is 5.88. The van der Waals surface area contributed by atoms with Gasteiger partial charge >= 0.3 is 0 Å². The Morgan fingerprint density at radius 2 is 0.592 bits per heavy atom. The van der Waals surface area contributed by atoms with Crippen molar-refractivity contribution in [2.75, 3.05) is 9.80 Å². The quantitative estimate of drug-likeness (QED) is 0.128. The molecule has 0 heterocycles. The van der Waals surface area contributed by atoms with Gasteiger partial charge in [0.25, 0.3) is 0 Å². The van der Waals surface area contributed by atoms with Gasteiger partial charge in [-0.05, 0) is 175 Å². The summed E-state index contributed by atoms with van der Waals surface area (Å²) >= 11 is 0. The molecule has 0 aliphatic heterocycles. The molecule has 2 nitrogen and oxygen atoms in total. The third-order valence-electron chi connectivity index (χ3n) is 13.6. The summed E-state index contributed by atoms with van der Waals surface area (Å²) in [6.45, 7) is 4.60. The van der Waals surface area contributed by atoms with Gasteiger partial charge < -0.3 is 9.80 Å². The number of rotatable bonds is 11. The van der Waals surface area contributed by atoms with Crippen molar-refractivity contribution in [3.05, 3.63) is 290 Å². The van der Waals surface area contributed by atoms with E-state index in [0.29, 0.717) is 11.1 Å². The van der Waals surface area contributed by atoms with Gasteiger partial charge in [0.2, 0.25) is 0 Å². The Kier molecular flexibility index (Phi) is 8.73. The van der Waals surface area contributed by atoms with E-state index in [1.165, 1.54) is 22.3 Å². The highest BCUT2D eigenvalue weighted by Crippen LogP contribution is 2.50. The topological polar surface area (TPSA) is 6.48 Å². The summed E-state index contributed by atoms with van der Waals surface area (Å²) in [6.07, 6.45) is 0. The summed E-state index contributed by atoms with van der Waals surface area (Å²) in [7, 11) is 0. The first-order valence-corrected chi connectivity index (χ1v) is 23.7. The lowest BCUT2D eigenvalue weighted by atomic mass is 9.81. The molecule has 0 saturated carbocycles. The molecular weight excluding hydrogens is 857 g/mol. The highest BCUT2D eigenvalue weighted by atomic mass is 15.1. The zero-order chi connectivity index (χ0) is 56.4. The second kappa shape index (κ2) is 18.5. The maximum absolute atomic E-state index is 8.59. The van der Waals surface area contributed by atoms with E-state index < -0.39 is 12.1 Å². The number of benzene rings is 11. The largest absolute Gasteiger partial charge is 0.311 e. The molecule has 0 radical (unpaired) electrons. The smallest absolute Gasteiger partial charge is 0.0629 e. The Bertz CT molecular complexity index is 3950. The lowest BCUT2D eigenvalue weighted by Crippen LogP contribution is -2.14. The molecule has 338 valence electrons. The molecule has 2 heteroatoms. The van der Waals surface area contributed by atoms with Gasteiger partial charge in [0.05, 0.1) is 13.7 Å². The summed E-state index contributed by atoms with van der Waals surface area (Å²) < 4.78 is 83.6. The average molecular weight is 919 g/mol. The number of hydrogen-bond acceptors (Lipinski definition) is 2. The van der Waals surface area contributed by atoms with Crippen LogP contribution in [0.2, 0.25) is 0 Å². The minimum absolute atomic E-state index is 0.157. The van der Waals surface area contributed by atoms with Crippen LogP contribution in [0.3, 0.4) is 0 Å². The first kappa shape index (κ1) is 33.5. The Morgan fingerprint density at radius 1 is 0.268 bits per heavy atom. The number of hydrogen-bond donors (Lipinski definition) is 0. The third-order valence-corrected chi connectivity index (χ3v) is 13.6. The first-order chi connectivity index (χ1) is 39.1. The SMILES string of the molecule is [2H]c1c([2H])c([2H])c(-c2ccc(N(c3ccccc3)c3ccc(-c4cc(-c5ccc(N(c6ccccc6)c6ccc(-c7c([2H])c([2H])c([2H])c([2H])c7[2H])cc6)cc5)cc(-c5ccc6c(c5)C(C)(C)c5ccccc5-6)c4)cc3)cc2)c([2H])c1[2H]. The second-order valence-corrected chi connectivity index (χ2v) is 18.3. The van der Waals surface area contributed by atoms with E-state index in [4.69, 9.17) is 13.7 Å². The standard InChI is InChI=1S/C69H52N2/c1-69(2)67-26-16-15-25-65(67)66-44-35-55(48-68(66)69)58-46-56(53-31-40-63(41-32-53)70(59-21-11-5-12-22-59)61-36-27-51(28-37-61)49-17-7-3-8-18-49)45-57(47-58)54-33-42-64(43-34-54)71(60-23-13-6-14-24-60)62-38-29-52(30-39-62)50-19-9-4-10-20-50/h3-48H,1-2H3/i3D,4D,7D,8D,9D,10D,17D,18D,19D,20D. The van der Waals surface area contributed by atoms with Gasteiger partial charge in [-0.1, -0.05) is 196 Å². The average Bonchev–Trinajstić information content (AvgIpc) is 4.03. The van der Waals surface area contributed by atoms with Crippen molar-refractivity contribution in [3.63, 3.8) is 0 Å². The van der Waals surface area contributed by atoms with Gasteiger partial charge in [-0.3, -0.25) is 0 Å². The lowest BCUT2D eigenvalue weighted by molar-refractivity contribution is 0.660. The molecule has 0 unspecified atom stereocenters. The molecule has 1 aliphatic carbocycles. The molecule has 0 amide bonds. The van der Waals surface area contributed by atoms with Crippen LogP contribution in [-0.2, 0) is 5.41 Å². The fourth-order valence-corrected chi connectivity index (χ4v) is 10.0. The normalized spacial score (nSPS) is 14.2. The van der Waals surface area contributed by atoms with Crippen molar-refractivity contribution in [1.29, 1.82) is 0 Å². The van der Waals surface area contributed by atoms with Gasteiger partial charge in [-0.25, -0.2) is 0 Å². The van der Waals surface area contributed by atoms with E-state index >= 15 is 0 Å². The lowest BCUT2D eigenvalue weighted by Gasteiger charge is -2.26. The zero-order valence-corrected chi connectivity index (χ0v) is 39.2. The van der Waals surface area contributed by atoms with Crippen molar-refractivity contribution in [1.82, 2.24) is 0 Å². The molecule has 0 atom stereocenters. The van der Waals surface area contributed by atoms with Gasteiger partial charge in [0.1, 0.15) is 0 Å². The van der Waals surface area contributed by atoms with Gasteiger partial charge in [0, 0.05) is 39.5 Å². The van der Waals surface area contributed by atoms with Crippen LogP contribution in [0.5, 0.6) is 0 Å². The fourth-order valence-electron chi connectivity index (χ4n) is 10.0. The summed E-state index contributed by atoms with van der Waals surface area (Å²) in [5, 5.41) is 0. The van der Waals surface area contributed by atoms with Crippen LogP contribution in [0.1, 0.15) is 38.7 Å². The molecule has 11 aromatic rings. The van der Waals surface area contributed by atoms with Crippen LogP contribution in [0.25, 0.3) is 66.8 Å². The number of para-hydroxylation sites is 2. The van der Waals surface area contributed by atoms with Gasteiger partial charge in [-0.2, -0.15) is 0 Å². The fraction of sp³-hybridized carbons (Fsp3) is 0.0435. The Labute approximate surface area is 432 Å². The van der Waals surface area contributed by atoms with E-state index in [1.54, 1.807) is 24.3 Å². The van der Waals surface area contributed by atoms with Gasteiger partial charge in [-0.15, -0.1) is 0 Å². The van der Waals surface area contributed by atoms with E-state index in [-0.39, 0.29) is 64.9 Å². The molecule has 0 aromatic heterocycles. The number of fused-ring (bicyclic) bond motifs is 3. The molecule has 0 saturated heterocycles. The first-order valence-electron chi connectivity index (χ1n) is 28.7. The molecule has 0 bridgehead atoms. The molecule has 12 rings (SSSR count). The van der Waals surface area contributed by atoms with E-state index in [1.807, 2.05) is 84.9 Å². The molecule has 0 N–H and O–H groups in total. The molecule has 1 aliphatic rings. The molecule has 0 fully saturated rings. The van der Waals surface area contributed by atoms with Crippen molar-refractivity contribution >= 4 is 34.1 Å². The molecule has 0 spiro atoms. The van der Waals surface area contributed by atoms with E-state index in [2.05, 4.69) is 133 Å². The van der Waals surface area contributed by atoms with Crippen molar-refractivity contribution in [2.24, 2.45) is 0 Å². The Hall–Kier alpha value is -8.98. The zero-order valence-electron chi connectivity index (χ0n) is 49.2. The van der Waals surface area contributed by atoms with Crippen LogP contribution in [0.4, 0.5) is 34.1 Å². The highest BCUT2D eigenvalue weighted by Gasteiger charge is 2.35. The second-order valence-electron chi connectivity index (χ2n) is 18.3. The van der Waals surface area contributed by atoms with Crippen LogP contribution >= 0.6 is 0 Å². The van der Waals surface area contributed by atoms with Crippen molar-refractivity contribution in [3.8, 4) is 66.8 Å². The minimum Gasteiger partial charge on any atom is -0.311 e. The third kappa shape index (κ3) is 8.41. The minimum atomic E-state index is -0.423. The molecule has 71 heavy (non-hydrogen) atoms. The van der Waals surface area contributed by atoms with Crippen LogP contribution in [0.15, 0.2) is 279 Å². The maximum atomic E-state index is 8.59. The monoisotopic (exact) mass is 918 g/mol. The van der Waals surface area contributed by atoms with E-state index in [0.717, 1.165) is 67.5 Å². The van der Waals surface area contributed by atoms with E-state index in [9.17, 15) is 0 Å². The summed E-state index contributed by atoms with van der Waals surface area (Å²) in [5.41, 5.74) is 17.9. The Morgan fingerprint density at radius 3 is 1.01 bits per heavy atom. The van der Waals surface area contributed by atoms with Crippen molar-refractivity contribution in [2.45, 2.75) is 19.3 Å². The molecular formula is C69H52N2. The predicted octanol–water partition coefficient (Wildman–Crippen LogP) is 19.3. The number of nitrogens with zero attached hydrogens (tertiary/aromatic N) is 2. The number of anilines is 6. The van der Waals surface area contributed by atoms with Crippen LogP contribution in [0, 0.1) is 0 Å². The van der Waals surface area contributed by atoms with Crippen LogP contribution < -0.4 is 9.80 Å². The van der Waals surface area contributed by atoms with Gasteiger partial charge in [0.15, 0.2) is 0 Å². The van der Waals surface area contributed by atoms with Crippen LogP contribution in [-0.4, -0.2) is 0 Å². The Balaban J connectivity index is 0.930. The summed E-state index contributed by atoms with van der Waals surface area (Å²) in [6, 6.07) is 70.9. The summed E-state index contributed by atoms with van der Waals surface area (Å²) in [4.78, 5) is 4.27. The summed E-state index contributed by atoms with van der Waals surface area (Å²) in [5.74, 6) is 0. The maximum Gasteiger partial charge on any atom is 0.0629 e. The van der Waals surface area contributed by atoms with Crippen molar-refractivity contribution < 1.29 is 13.7 Å². The molecule has 11 aromatic carbocycles.